The summed E-state index contributed by atoms with van der Waals surface area (Å²) in [6.07, 6.45) is 0.928. The number of benzene rings is 1. The third-order valence-corrected chi connectivity index (χ3v) is 5.99. The fourth-order valence-electron chi connectivity index (χ4n) is 1.78. The van der Waals surface area contributed by atoms with Crippen LogP contribution in [0.25, 0.3) is 0 Å². The fourth-order valence-corrected chi connectivity index (χ4v) is 4.51. The third kappa shape index (κ3) is 4.40. The molecule has 0 saturated heterocycles. The van der Waals surface area contributed by atoms with Crippen molar-refractivity contribution in [3.8, 4) is 0 Å². The lowest BCUT2D eigenvalue weighted by Crippen LogP contribution is -2.31. The molecule has 2 rings (SSSR count). The molecule has 1 atom stereocenters. The molecule has 6 heteroatoms. The van der Waals surface area contributed by atoms with E-state index in [1.54, 1.807) is 0 Å². The second-order valence-corrected chi connectivity index (χ2v) is 8.64. The Labute approximate surface area is 119 Å². The molecular weight excluding hydrogens is 280 g/mol. The molecule has 0 aromatic heterocycles. The molecular formula is C13H20N2O2S2. The molecule has 0 amide bonds. The van der Waals surface area contributed by atoms with Crippen LogP contribution in [-0.2, 0) is 10.0 Å². The van der Waals surface area contributed by atoms with E-state index in [1.165, 1.54) is 11.8 Å². The van der Waals surface area contributed by atoms with Gasteiger partial charge in [0.2, 0.25) is 10.0 Å². The van der Waals surface area contributed by atoms with Gasteiger partial charge in [0.1, 0.15) is 0 Å². The van der Waals surface area contributed by atoms with Gasteiger partial charge < -0.3 is 5.73 Å². The molecule has 19 heavy (non-hydrogen) atoms. The molecule has 0 heterocycles. The zero-order valence-electron chi connectivity index (χ0n) is 11.2. The fraction of sp³-hybridized carbons (Fsp3) is 0.538. The molecule has 1 aromatic rings. The zero-order chi connectivity index (χ0) is 14.1. The molecule has 1 aliphatic rings. The molecule has 4 nitrogen and oxygen atoms in total. The quantitative estimate of drug-likeness (QED) is 0.623. The van der Waals surface area contributed by atoms with E-state index in [2.05, 4.69) is 18.6 Å². The molecule has 0 bridgehead atoms. The smallest absolute Gasteiger partial charge is 0.212 e. The van der Waals surface area contributed by atoms with E-state index in [1.807, 2.05) is 24.3 Å². The lowest BCUT2D eigenvalue weighted by atomic mass is 10.2. The summed E-state index contributed by atoms with van der Waals surface area (Å²) in [6.45, 7) is 4.15. The van der Waals surface area contributed by atoms with Crippen LogP contribution < -0.4 is 10.5 Å². The van der Waals surface area contributed by atoms with Gasteiger partial charge in [-0.3, -0.25) is 0 Å². The molecule has 0 aliphatic heterocycles. The van der Waals surface area contributed by atoms with E-state index < -0.39 is 10.0 Å². The second-order valence-electron chi connectivity index (χ2n) is 5.60. The molecule has 1 unspecified atom stereocenters. The van der Waals surface area contributed by atoms with Crippen LogP contribution in [0.1, 0.15) is 20.3 Å². The van der Waals surface area contributed by atoms with Gasteiger partial charge in [0.25, 0.3) is 0 Å². The first kappa shape index (κ1) is 14.7. The highest BCUT2D eigenvalue weighted by Crippen LogP contribution is 2.44. The lowest BCUT2D eigenvalue weighted by molar-refractivity contribution is 0.556. The average Bonchev–Trinajstić information content (AvgIpc) is 2.87. The summed E-state index contributed by atoms with van der Waals surface area (Å²) in [7, 11) is -3.16. The first-order chi connectivity index (χ1) is 8.78. The lowest BCUT2D eigenvalue weighted by Gasteiger charge is -2.08. The first-order valence-electron chi connectivity index (χ1n) is 6.27. The van der Waals surface area contributed by atoms with Crippen molar-refractivity contribution in [2.75, 3.05) is 17.2 Å². The van der Waals surface area contributed by atoms with Crippen LogP contribution in [0.3, 0.4) is 0 Å². The molecule has 1 saturated carbocycles. The first-order valence-corrected chi connectivity index (χ1v) is 8.91. The van der Waals surface area contributed by atoms with E-state index in [0.717, 1.165) is 17.0 Å². The van der Waals surface area contributed by atoms with Crippen LogP contribution in [-0.4, -0.2) is 26.0 Å². The van der Waals surface area contributed by atoms with Gasteiger partial charge in [-0.2, -0.15) is 0 Å². The summed E-state index contributed by atoms with van der Waals surface area (Å²) >= 11 is 1.53. The van der Waals surface area contributed by atoms with Crippen LogP contribution in [0.4, 0.5) is 5.69 Å². The summed E-state index contributed by atoms with van der Waals surface area (Å²) < 4.78 is 26.5. The van der Waals surface area contributed by atoms with Gasteiger partial charge in [-0.25, -0.2) is 13.1 Å². The van der Waals surface area contributed by atoms with Crippen molar-refractivity contribution in [1.82, 2.24) is 4.72 Å². The Morgan fingerprint density at radius 3 is 2.47 bits per heavy atom. The molecule has 3 N–H and O–H groups in total. The number of anilines is 1. The summed E-state index contributed by atoms with van der Waals surface area (Å²) in [6, 6.07) is 7.57. The number of rotatable bonds is 6. The van der Waals surface area contributed by atoms with Gasteiger partial charge in [0, 0.05) is 22.4 Å². The van der Waals surface area contributed by atoms with Gasteiger partial charge in [-0.1, -0.05) is 13.8 Å². The van der Waals surface area contributed by atoms with Crippen molar-refractivity contribution in [2.24, 2.45) is 5.41 Å². The van der Waals surface area contributed by atoms with E-state index in [-0.39, 0.29) is 17.2 Å². The minimum Gasteiger partial charge on any atom is -0.399 e. The number of sulfonamides is 1. The van der Waals surface area contributed by atoms with Crippen molar-refractivity contribution in [2.45, 2.75) is 31.2 Å². The van der Waals surface area contributed by atoms with Crippen LogP contribution in [0.2, 0.25) is 0 Å². The van der Waals surface area contributed by atoms with Gasteiger partial charge in [-0.05, 0) is 36.1 Å². The Morgan fingerprint density at radius 1 is 1.37 bits per heavy atom. The van der Waals surface area contributed by atoms with E-state index in [9.17, 15) is 8.42 Å². The highest BCUT2D eigenvalue weighted by molar-refractivity contribution is 8.00. The van der Waals surface area contributed by atoms with Gasteiger partial charge in [0.05, 0.1) is 5.75 Å². The monoisotopic (exact) mass is 300 g/mol. The number of thioether (sulfide) groups is 1. The van der Waals surface area contributed by atoms with E-state index >= 15 is 0 Å². The Balaban J connectivity index is 1.77. The normalized spacial score (nSPS) is 21.3. The summed E-state index contributed by atoms with van der Waals surface area (Å²) in [5, 5.41) is 0. The average molecular weight is 300 g/mol. The maximum atomic E-state index is 11.9. The van der Waals surface area contributed by atoms with Crippen LogP contribution in [0.5, 0.6) is 0 Å². The minimum absolute atomic E-state index is 0.110. The maximum Gasteiger partial charge on any atom is 0.212 e. The van der Waals surface area contributed by atoms with Crippen LogP contribution >= 0.6 is 11.8 Å². The van der Waals surface area contributed by atoms with E-state index in [0.29, 0.717) is 5.75 Å². The maximum absolute atomic E-state index is 11.9. The zero-order valence-corrected chi connectivity index (χ0v) is 12.9. The number of nitrogens with two attached hydrogens (primary N) is 1. The van der Waals surface area contributed by atoms with Crippen LogP contribution in [0, 0.1) is 5.41 Å². The van der Waals surface area contributed by atoms with Gasteiger partial charge in [-0.15, -0.1) is 11.8 Å². The molecule has 1 aliphatic carbocycles. The molecule has 106 valence electrons. The number of hydrogen-bond donors (Lipinski definition) is 2. The standard InChI is InChI=1S/C13H20N2O2S2/c1-13(2)9-12(13)15-19(16,17)8-7-18-11-5-3-10(14)4-6-11/h3-6,12,15H,7-9,14H2,1-2H3. The number of nitrogen functional groups attached to an aromatic ring is 1. The Hall–Kier alpha value is -0.720. The summed E-state index contributed by atoms with van der Waals surface area (Å²) in [5.74, 6) is 0.695. The summed E-state index contributed by atoms with van der Waals surface area (Å²) in [5.41, 5.74) is 6.44. The van der Waals surface area contributed by atoms with Crippen molar-refractivity contribution in [3.05, 3.63) is 24.3 Å². The molecule has 0 radical (unpaired) electrons. The largest absolute Gasteiger partial charge is 0.399 e. The molecule has 0 spiro atoms. The number of hydrogen-bond acceptors (Lipinski definition) is 4. The van der Waals surface area contributed by atoms with Gasteiger partial charge in [0.15, 0.2) is 0 Å². The topological polar surface area (TPSA) is 72.2 Å². The third-order valence-electron chi connectivity index (χ3n) is 3.34. The highest BCUT2D eigenvalue weighted by atomic mass is 32.2. The highest BCUT2D eigenvalue weighted by Gasteiger charge is 2.47. The van der Waals surface area contributed by atoms with Crippen molar-refractivity contribution in [1.29, 1.82) is 0 Å². The van der Waals surface area contributed by atoms with Crippen LogP contribution in [0.15, 0.2) is 29.2 Å². The van der Waals surface area contributed by atoms with Crippen molar-refractivity contribution >= 4 is 27.5 Å². The predicted molar refractivity (Wildman–Crippen MR) is 80.7 cm³/mol. The summed E-state index contributed by atoms with van der Waals surface area (Å²) in [4.78, 5) is 1.04. The predicted octanol–water partition coefficient (Wildman–Crippen LogP) is 2.08. The second kappa shape index (κ2) is 5.34. The Morgan fingerprint density at radius 2 is 1.95 bits per heavy atom. The Kier molecular flexibility index (Phi) is 4.13. The van der Waals surface area contributed by atoms with E-state index in [4.69, 9.17) is 5.73 Å². The minimum atomic E-state index is -3.16. The molecule has 1 aromatic carbocycles. The van der Waals surface area contributed by atoms with Crippen molar-refractivity contribution < 1.29 is 8.42 Å². The SMILES string of the molecule is CC1(C)CC1NS(=O)(=O)CCSc1ccc(N)cc1. The molecule has 1 fully saturated rings. The van der Waals surface area contributed by atoms with Gasteiger partial charge >= 0.3 is 0 Å². The Bertz CT molecular complexity index is 538. The number of nitrogens with one attached hydrogen (secondary N) is 1. The van der Waals surface area contributed by atoms with Crippen molar-refractivity contribution in [3.63, 3.8) is 0 Å².